The first-order valence-electron chi connectivity index (χ1n) is 6.71. The average Bonchev–Trinajstić information content (AvgIpc) is 2.43. The molecule has 0 fully saturated rings. The summed E-state index contributed by atoms with van der Waals surface area (Å²) in [7, 11) is 0. The predicted octanol–water partition coefficient (Wildman–Crippen LogP) is 3.81. The van der Waals surface area contributed by atoms with E-state index >= 15 is 0 Å². The normalized spacial score (nSPS) is 10.9. The summed E-state index contributed by atoms with van der Waals surface area (Å²) in [5.74, 6) is 0.834. The molecule has 0 aliphatic rings. The number of aromatic nitrogens is 2. The highest BCUT2D eigenvalue weighted by molar-refractivity contribution is 6.32. The summed E-state index contributed by atoms with van der Waals surface area (Å²) in [6.07, 6.45) is 0. The first kappa shape index (κ1) is 15.7. The Balaban J connectivity index is 1.95. The largest absolute Gasteiger partial charge is 0.436 e. The van der Waals surface area contributed by atoms with E-state index in [4.69, 9.17) is 16.3 Å². The molecule has 6 heteroatoms. The standard InChI is InChI=1S/C15H17ClFN3O/c1-10(2)8-18-9-12-4-6-15(20-19-12)21-14-5-3-11(17)7-13(14)16/h3-7,10,18H,8-9H2,1-2H3. The fourth-order valence-electron chi connectivity index (χ4n) is 1.66. The van der Waals surface area contributed by atoms with Crippen molar-refractivity contribution in [2.75, 3.05) is 6.54 Å². The van der Waals surface area contributed by atoms with Crippen molar-refractivity contribution in [3.8, 4) is 11.6 Å². The number of hydrogen-bond donors (Lipinski definition) is 1. The van der Waals surface area contributed by atoms with Crippen LogP contribution in [0.5, 0.6) is 11.6 Å². The first-order valence-corrected chi connectivity index (χ1v) is 7.08. The Morgan fingerprint density at radius 1 is 1.24 bits per heavy atom. The highest BCUT2D eigenvalue weighted by Gasteiger charge is 2.06. The molecular formula is C15H17ClFN3O. The average molecular weight is 310 g/mol. The van der Waals surface area contributed by atoms with Crippen LogP contribution in [-0.2, 0) is 6.54 Å². The second-order valence-corrected chi connectivity index (χ2v) is 5.47. The maximum Gasteiger partial charge on any atom is 0.238 e. The number of rotatable bonds is 6. The van der Waals surface area contributed by atoms with Crippen LogP contribution in [0.1, 0.15) is 19.5 Å². The van der Waals surface area contributed by atoms with Crippen molar-refractivity contribution in [2.24, 2.45) is 5.92 Å². The van der Waals surface area contributed by atoms with Gasteiger partial charge in [0, 0.05) is 12.6 Å². The third-order valence-electron chi connectivity index (χ3n) is 2.66. The molecular weight excluding hydrogens is 293 g/mol. The summed E-state index contributed by atoms with van der Waals surface area (Å²) in [5, 5.41) is 11.5. The monoisotopic (exact) mass is 309 g/mol. The summed E-state index contributed by atoms with van der Waals surface area (Å²) in [5.41, 5.74) is 0.827. The molecule has 1 aromatic heterocycles. The van der Waals surface area contributed by atoms with Gasteiger partial charge in [0.1, 0.15) is 11.6 Å². The van der Waals surface area contributed by atoms with Crippen LogP contribution < -0.4 is 10.1 Å². The Labute approximate surface area is 128 Å². The van der Waals surface area contributed by atoms with E-state index in [1.54, 1.807) is 6.07 Å². The molecule has 112 valence electrons. The fraction of sp³-hybridized carbons (Fsp3) is 0.333. The van der Waals surface area contributed by atoms with Gasteiger partial charge in [0.2, 0.25) is 5.88 Å². The SMILES string of the molecule is CC(C)CNCc1ccc(Oc2ccc(F)cc2Cl)nn1. The highest BCUT2D eigenvalue weighted by atomic mass is 35.5. The lowest BCUT2D eigenvalue weighted by Crippen LogP contribution is -2.19. The lowest BCUT2D eigenvalue weighted by Gasteiger charge is -2.08. The van der Waals surface area contributed by atoms with E-state index < -0.39 is 5.82 Å². The molecule has 4 nitrogen and oxygen atoms in total. The van der Waals surface area contributed by atoms with E-state index in [1.807, 2.05) is 6.07 Å². The minimum atomic E-state index is -0.412. The van der Waals surface area contributed by atoms with Gasteiger partial charge in [-0.2, -0.15) is 5.10 Å². The van der Waals surface area contributed by atoms with E-state index in [2.05, 4.69) is 29.4 Å². The van der Waals surface area contributed by atoms with Crippen molar-refractivity contribution in [1.29, 1.82) is 0 Å². The molecule has 2 rings (SSSR count). The van der Waals surface area contributed by atoms with Gasteiger partial charge in [0.25, 0.3) is 0 Å². The van der Waals surface area contributed by atoms with Crippen LogP contribution in [0.4, 0.5) is 4.39 Å². The van der Waals surface area contributed by atoms with E-state index in [-0.39, 0.29) is 5.02 Å². The van der Waals surface area contributed by atoms with Gasteiger partial charge in [-0.15, -0.1) is 5.10 Å². The zero-order valence-corrected chi connectivity index (χ0v) is 12.7. The Morgan fingerprint density at radius 2 is 2.05 bits per heavy atom. The summed E-state index contributed by atoms with van der Waals surface area (Å²) in [4.78, 5) is 0. The molecule has 0 saturated heterocycles. The molecule has 0 atom stereocenters. The number of nitrogens with one attached hydrogen (secondary N) is 1. The fourth-order valence-corrected chi connectivity index (χ4v) is 1.86. The van der Waals surface area contributed by atoms with Crippen LogP contribution in [0, 0.1) is 11.7 Å². The van der Waals surface area contributed by atoms with Crippen LogP contribution in [0.25, 0.3) is 0 Å². The van der Waals surface area contributed by atoms with E-state index in [9.17, 15) is 4.39 Å². The topological polar surface area (TPSA) is 47.0 Å². The van der Waals surface area contributed by atoms with Gasteiger partial charge in [-0.05, 0) is 36.7 Å². The zero-order chi connectivity index (χ0) is 15.2. The van der Waals surface area contributed by atoms with E-state index in [0.717, 1.165) is 12.2 Å². The van der Waals surface area contributed by atoms with E-state index in [1.165, 1.54) is 18.2 Å². The lowest BCUT2D eigenvalue weighted by atomic mass is 10.2. The Morgan fingerprint density at radius 3 is 2.67 bits per heavy atom. The number of nitrogens with zero attached hydrogens (tertiary/aromatic N) is 2. The Bertz CT molecular complexity index is 590. The smallest absolute Gasteiger partial charge is 0.238 e. The van der Waals surface area contributed by atoms with Gasteiger partial charge in [0.05, 0.1) is 10.7 Å². The maximum absolute atomic E-state index is 12.9. The highest BCUT2D eigenvalue weighted by Crippen LogP contribution is 2.28. The van der Waals surface area contributed by atoms with Crippen LogP contribution >= 0.6 is 11.6 Å². The van der Waals surface area contributed by atoms with Crippen molar-refractivity contribution < 1.29 is 9.13 Å². The van der Waals surface area contributed by atoms with Crippen molar-refractivity contribution in [2.45, 2.75) is 20.4 Å². The number of ether oxygens (including phenoxy) is 1. The molecule has 0 spiro atoms. The van der Waals surface area contributed by atoms with Crippen LogP contribution in [0.3, 0.4) is 0 Å². The predicted molar refractivity (Wildman–Crippen MR) is 80.1 cm³/mol. The molecule has 0 saturated carbocycles. The lowest BCUT2D eigenvalue weighted by molar-refractivity contribution is 0.451. The zero-order valence-electron chi connectivity index (χ0n) is 11.9. The molecule has 0 bridgehead atoms. The quantitative estimate of drug-likeness (QED) is 0.881. The third-order valence-corrected chi connectivity index (χ3v) is 2.96. The van der Waals surface area contributed by atoms with Gasteiger partial charge in [-0.3, -0.25) is 0 Å². The Hall–Kier alpha value is -1.72. The number of benzene rings is 1. The minimum absolute atomic E-state index is 0.194. The van der Waals surface area contributed by atoms with Gasteiger partial charge in [0.15, 0.2) is 0 Å². The van der Waals surface area contributed by atoms with Gasteiger partial charge in [-0.1, -0.05) is 25.4 Å². The molecule has 1 heterocycles. The molecule has 0 radical (unpaired) electrons. The molecule has 21 heavy (non-hydrogen) atoms. The van der Waals surface area contributed by atoms with Crippen molar-refractivity contribution in [3.05, 3.63) is 46.9 Å². The van der Waals surface area contributed by atoms with E-state index in [0.29, 0.717) is 24.1 Å². The molecule has 0 aliphatic heterocycles. The molecule has 1 aromatic carbocycles. The maximum atomic E-state index is 12.9. The second-order valence-electron chi connectivity index (χ2n) is 5.06. The van der Waals surface area contributed by atoms with Crippen molar-refractivity contribution >= 4 is 11.6 Å². The molecule has 0 aliphatic carbocycles. The van der Waals surface area contributed by atoms with Crippen molar-refractivity contribution in [3.63, 3.8) is 0 Å². The minimum Gasteiger partial charge on any atom is -0.436 e. The summed E-state index contributed by atoms with van der Waals surface area (Å²) in [6, 6.07) is 7.46. The number of hydrogen-bond acceptors (Lipinski definition) is 4. The molecule has 0 amide bonds. The Kier molecular flexibility index (Phi) is 5.47. The van der Waals surface area contributed by atoms with Gasteiger partial charge < -0.3 is 10.1 Å². The van der Waals surface area contributed by atoms with Crippen molar-refractivity contribution in [1.82, 2.24) is 15.5 Å². The first-order chi connectivity index (χ1) is 10.0. The third kappa shape index (κ3) is 4.95. The molecule has 2 aromatic rings. The molecule has 0 unspecified atom stereocenters. The summed E-state index contributed by atoms with van der Waals surface area (Å²) >= 11 is 5.89. The number of halogens is 2. The van der Waals surface area contributed by atoms with Crippen LogP contribution in [0.15, 0.2) is 30.3 Å². The summed E-state index contributed by atoms with van der Waals surface area (Å²) < 4.78 is 18.4. The molecule has 1 N–H and O–H groups in total. The second kappa shape index (κ2) is 7.33. The van der Waals surface area contributed by atoms with Crippen LogP contribution in [0.2, 0.25) is 5.02 Å². The summed E-state index contributed by atoms with van der Waals surface area (Å²) in [6.45, 7) is 5.86. The van der Waals surface area contributed by atoms with Crippen LogP contribution in [-0.4, -0.2) is 16.7 Å². The van der Waals surface area contributed by atoms with Gasteiger partial charge in [-0.25, -0.2) is 4.39 Å². The van der Waals surface area contributed by atoms with Gasteiger partial charge >= 0.3 is 0 Å².